The first kappa shape index (κ1) is 10.2. The molecule has 4 heteroatoms. The number of aliphatic hydroxyl groups is 1. The van der Waals surface area contributed by atoms with E-state index in [9.17, 15) is 5.11 Å². The average Bonchev–Trinajstić information content (AvgIpc) is 2.30. The molecule has 1 aromatic rings. The Morgan fingerprint density at radius 2 is 2.25 bits per heavy atom. The molecule has 1 aromatic heterocycles. The summed E-state index contributed by atoms with van der Waals surface area (Å²) in [6.07, 6.45) is -0.491. The van der Waals surface area contributed by atoms with Crippen LogP contribution in [0.15, 0.2) is 9.85 Å². The minimum Gasteiger partial charge on any atom is -0.391 e. The van der Waals surface area contributed by atoms with Crippen molar-refractivity contribution >= 4 is 27.3 Å². The molecule has 2 atom stereocenters. The fraction of sp³-hybridized carbons (Fsp3) is 0.500. The van der Waals surface area contributed by atoms with Crippen molar-refractivity contribution in [1.29, 1.82) is 0 Å². The molecule has 0 aliphatic carbocycles. The highest BCUT2D eigenvalue weighted by Gasteiger charge is 2.15. The van der Waals surface area contributed by atoms with Crippen LogP contribution >= 0.6 is 27.3 Å². The molecule has 0 fully saturated rings. The Bertz CT molecular complexity index is 253. The lowest BCUT2D eigenvalue weighted by atomic mass is 10.1. The van der Waals surface area contributed by atoms with E-state index in [1.165, 1.54) is 5.56 Å². The summed E-state index contributed by atoms with van der Waals surface area (Å²) >= 11 is 5.00. The highest BCUT2D eigenvalue weighted by Crippen LogP contribution is 2.31. The second kappa shape index (κ2) is 3.87. The van der Waals surface area contributed by atoms with Crippen molar-refractivity contribution in [3.8, 4) is 0 Å². The average molecular weight is 250 g/mol. The first-order chi connectivity index (χ1) is 5.52. The molecule has 1 unspecified atom stereocenters. The molecule has 0 aliphatic heterocycles. The number of hydrogen-bond acceptors (Lipinski definition) is 3. The third kappa shape index (κ3) is 2.07. The predicted molar refractivity (Wildman–Crippen MR) is 55.4 cm³/mol. The molecule has 0 bridgehead atoms. The Morgan fingerprint density at radius 1 is 1.67 bits per heavy atom. The topological polar surface area (TPSA) is 46.2 Å². The third-order valence-electron chi connectivity index (χ3n) is 1.72. The van der Waals surface area contributed by atoms with E-state index in [0.29, 0.717) is 0 Å². The summed E-state index contributed by atoms with van der Waals surface area (Å²) < 4.78 is 1.09. The van der Waals surface area contributed by atoms with Gasteiger partial charge in [0.1, 0.15) is 0 Å². The molecule has 0 radical (unpaired) electrons. The molecule has 3 N–H and O–H groups in total. The van der Waals surface area contributed by atoms with E-state index in [1.807, 2.05) is 13.0 Å². The van der Waals surface area contributed by atoms with Crippen molar-refractivity contribution in [3.05, 3.63) is 20.3 Å². The van der Waals surface area contributed by atoms with E-state index in [2.05, 4.69) is 15.9 Å². The van der Waals surface area contributed by atoms with Crippen molar-refractivity contribution in [3.63, 3.8) is 0 Å². The highest BCUT2D eigenvalue weighted by atomic mass is 79.9. The fourth-order valence-electron chi connectivity index (χ4n) is 0.886. The van der Waals surface area contributed by atoms with Crippen molar-refractivity contribution in [2.75, 3.05) is 0 Å². The van der Waals surface area contributed by atoms with Crippen LogP contribution in [0.3, 0.4) is 0 Å². The zero-order valence-corrected chi connectivity index (χ0v) is 9.45. The van der Waals surface area contributed by atoms with Gasteiger partial charge < -0.3 is 10.8 Å². The van der Waals surface area contributed by atoms with Crippen molar-refractivity contribution < 1.29 is 5.11 Å². The Labute approximate surface area is 84.5 Å². The molecule has 0 spiro atoms. The van der Waals surface area contributed by atoms with E-state index >= 15 is 0 Å². The first-order valence-corrected chi connectivity index (χ1v) is 5.32. The lowest BCUT2D eigenvalue weighted by molar-refractivity contribution is 0.165. The van der Waals surface area contributed by atoms with E-state index in [-0.39, 0.29) is 6.04 Å². The van der Waals surface area contributed by atoms with Gasteiger partial charge in [0.05, 0.1) is 15.9 Å². The summed E-state index contributed by atoms with van der Waals surface area (Å²) in [5.41, 5.74) is 6.93. The van der Waals surface area contributed by atoms with E-state index in [1.54, 1.807) is 18.3 Å². The van der Waals surface area contributed by atoms with Crippen molar-refractivity contribution in [2.45, 2.75) is 26.0 Å². The maximum atomic E-state index is 9.24. The molecule has 1 heterocycles. The zero-order valence-electron chi connectivity index (χ0n) is 7.04. The Morgan fingerprint density at radius 3 is 2.58 bits per heavy atom. The van der Waals surface area contributed by atoms with Gasteiger partial charge in [0, 0.05) is 4.88 Å². The maximum Gasteiger partial charge on any atom is 0.0731 e. The SMILES string of the molecule is Cc1cc([C@@H](N)C(C)O)sc1Br. The van der Waals surface area contributed by atoms with Crippen LogP contribution in [0.4, 0.5) is 0 Å². The van der Waals surface area contributed by atoms with Crippen LogP contribution in [-0.2, 0) is 0 Å². The normalized spacial score (nSPS) is 16.1. The molecule has 12 heavy (non-hydrogen) atoms. The summed E-state index contributed by atoms with van der Waals surface area (Å²) in [4.78, 5) is 1.02. The number of aliphatic hydroxyl groups excluding tert-OH is 1. The lowest BCUT2D eigenvalue weighted by Crippen LogP contribution is -2.21. The summed E-state index contributed by atoms with van der Waals surface area (Å²) in [7, 11) is 0. The number of nitrogens with two attached hydrogens (primary N) is 1. The minimum absolute atomic E-state index is 0.264. The van der Waals surface area contributed by atoms with Crippen LogP contribution in [-0.4, -0.2) is 11.2 Å². The molecular formula is C8H12BrNOS. The second-order valence-corrected chi connectivity index (χ2v) is 5.27. The van der Waals surface area contributed by atoms with E-state index in [4.69, 9.17) is 5.73 Å². The molecule has 68 valence electrons. The lowest BCUT2D eigenvalue weighted by Gasteiger charge is -2.11. The Balaban J connectivity index is 2.89. The van der Waals surface area contributed by atoms with Crippen LogP contribution in [0.5, 0.6) is 0 Å². The largest absolute Gasteiger partial charge is 0.391 e. The van der Waals surface area contributed by atoms with E-state index < -0.39 is 6.10 Å². The molecule has 0 saturated carbocycles. The minimum atomic E-state index is -0.491. The maximum absolute atomic E-state index is 9.24. The van der Waals surface area contributed by atoms with Gasteiger partial charge >= 0.3 is 0 Å². The molecule has 2 nitrogen and oxygen atoms in total. The van der Waals surface area contributed by atoms with Crippen molar-refractivity contribution in [1.82, 2.24) is 0 Å². The molecule has 1 rings (SSSR count). The zero-order chi connectivity index (χ0) is 9.30. The molecule has 0 amide bonds. The van der Waals surface area contributed by atoms with Gasteiger partial charge in [-0.05, 0) is 41.4 Å². The number of hydrogen-bond donors (Lipinski definition) is 2. The van der Waals surface area contributed by atoms with Crippen LogP contribution in [0.1, 0.15) is 23.4 Å². The summed E-state index contributed by atoms with van der Waals surface area (Å²) in [5.74, 6) is 0. The summed E-state index contributed by atoms with van der Waals surface area (Å²) in [5, 5.41) is 9.24. The van der Waals surface area contributed by atoms with Crippen LogP contribution in [0, 0.1) is 6.92 Å². The van der Waals surface area contributed by atoms with E-state index in [0.717, 1.165) is 8.66 Å². The first-order valence-electron chi connectivity index (χ1n) is 3.72. The fourth-order valence-corrected chi connectivity index (χ4v) is 2.56. The Hall–Kier alpha value is 0.100. The summed E-state index contributed by atoms with van der Waals surface area (Å²) in [6, 6.07) is 1.74. The number of halogens is 1. The number of aryl methyl sites for hydroxylation is 1. The quantitative estimate of drug-likeness (QED) is 0.845. The second-order valence-electron chi connectivity index (χ2n) is 2.87. The number of rotatable bonds is 2. The van der Waals surface area contributed by atoms with Gasteiger partial charge in [-0.1, -0.05) is 0 Å². The summed E-state index contributed by atoms with van der Waals surface area (Å²) in [6.45, 7) is 3.71. The monoisotopic (exact) mass is 249 g/mol. The van der Waals surface area contributed by atoms with Gasteiger partial charge in [-0.15, -0.1) is 11.3 Å². The van der Waals surface area contributed by atoms with Crippen LogP contribution < -0.4 is 5.73 Å². The van der Waals surface area contributed by atoms with Crippen molar-refractivity contribution in [2.24, 2.45) is 5.73 Å². The van der Waals surface area contributed by atoms with Crippen LogP contribution in [0.2, 0.25) is 0 Å². The smallest absolute Gasteiger partial charge is 0.0731 e. The van der Waals surface area contributed by atoms with Gasteiger partial charge in [0.2, 0.25) is 0 Å². The van der Waals surface area contributed by atoms with Gasteiger partial charge in [-0.25, -0.2) is 0 Å². The molecule has 0 aliphatic rings. The molecule has 0 saturated heterocycles. The predicted octanol–water partition coefficient (Wildman–Crippen LogP) is 2.20. The van der Waals surface area contributed by atoms with Gasteiger partial charge in [-0.2, -0.15) is 0 Å². The van der Waals surface area contributed by atoms with Gasteiger partial charge in [0.15, 0.2) is 0 Å². The third-order valence-corrected chi connectivity index (χ3v) is 3.96. The number of thiophene rings is 1. The van der Waals surface area contributed by atoms with Gasteiger partial charge in [0.25, 0.3) is 0 Å². The highest BCUT2D eigenvalue weighted by molar-refractivity contribution is 9.11. The van der Waals surface area contributed by atoms with Crippen LogP contribution in [0.25, 0.3) is 0 Å². The molecule has 0 aromatic carbocycles. The van der Waals surface area contributed by atoms with Gasteiger partial charge in [-0.3, -0.25) is 0 Å². The Kier molecular flexibility index (Phi) is 3.29. The standard InChI is InChI=1S/C8H12BrNOS/c1-4-3-6(12-8(4)9)7(10)5(2)11/h3,5,7,11H,10H2,1-2H3/t5?,7-/m0/s1. The molecular weight excluding hydrogens is 238 g/mol.